The molecule has 1 heterocycles. The summed E-state index contributed by atoms with van der Waals surface area (Å²) in [5.41, 5.74) is 0.493. The Kier molecular flexibility index (Phi) is 4.90. The van der Waals surface area contributed by atoms with Crippen LogP contribution in [-0.2, 0) is 0 Å². The van der Waals surface area contributed by atoms with E-state index in [9.17, 15) is 0 Å². The average Bonchev–Trinajstić information content (AvgIpc) is 2.95. The summed E-state index contributed by atoms with van der Waals surface area (Å²) < 4.78 is 1.27. The van der Waals surface area contributed by atoms with Gasteiger partial charge in [-0.05, 0) is 60.1 Å². The average molecular weight is 330 g/mol. The zero-order valence-electron chi connectivity index (χ0n) is 11.7. The second kappa shape index (κ2) is 6.06. The third-order valence-corrected chi connectivity index (χ3v) is 6.69. The molecule has 1 nitrogen and oxygen atoms in total. The van der Waals surface area contributed by atoms with Crippen LogP contribution in [0.2, 0.25) is 0 Å². The van der Waals surface area contributed by atoms with Crippen molar-refractivity contribution in [3.63, 3.8) is 0 Å². The van der Waals surface area contributed by atoms with Gasteiger partial charge in [0.05, 0.1) is 0 Å². The highest BCUT2D eigenvalue weighted by Gasteiger charge is 2.40. The van der Waals surface area contributed by atoms with Crippen LogP contribution in [0.25, 0.3) is 0 Å². The Morgan fingerprint density at radius 2 is 2.06 bits per heavy atom. The van der Waals surface area contributed by atoms with Gasteiger partial charge >= 0.3 is 0 Å². The minimum Gasteiger partial charge on any atom is -0.309 e. The molecular weight excluding hydrogens is 306 g/mol. The third kappa shape index (κ3) is 2.68. The van der Waals surface area contributed by atoms with E-state index < -0.39 is 0 Å². The van der Waals surface area contributed by atoms with Crippen molar-refractivity contribution in [1.29, 1.82) is 0 Å². The van der Waals surface area contributed by atoms with Gasteiger partial charge in [-0.3, -0.25) is 0 Å². The lowest BCUT2D eigenvalue weighted by Crippen LogP contribution is -2.35. The molecule has 2 rings (SSSR count). The van der Waals surface area contributed by atoms with Gasteiger partial charge in [0.25, 0.3) is 0 Å². The van der Waals surface area contributed by atoms with Crippen LogP contribution in [0.3, 0.4) is 0 Å². The van der Waals surface area contributed by atoms with Crippen molar-refractivity contribution < 1.29 is 0 Å². The molecule has 1 aliphatic rings. The monoisotopic (exact) mass is 329 g/mol. The van der Waals surface area contributed by atoms with Gasteiger partial charge in [0.15, 0.2) is 0 Å². The molecule has 1 atom stereocenters. The Hall–Kier alpha value is 0.140. The first-order valence-corrected chi connectivity index (χ1v) is 8.73. The predicted octanol–water partition coefficient (Wildman–Crippen LogP) is 5.44. The Bertz CT molecular complexity index is 374. The van der Waals surface area contributed by atoms with Crippen molar-refractivity contribution in [2.24, 2.45) is 5.41 Å². The normalized spacial score (nSPS) is 20.2. The highest BCUT2D eigenvalue weighted by molar-refractivity contribution is 9.10. The van der Waals surface area contributed by atoms with Crippen LogP contribution >= 0.6 is 27.3 Å². The minimum absolute atomic E-state index is 0.493. The van der Waals surface area contributed by atoms with E-state index in [2.05, 4.69) is 48.1 Å². The first kappa shape index (κ1) is 14.5. The van der Waals surface area contributed by atoms with Crippen molar-refractivity contribution in [2.75, 3.05) is 6.54 Å². The van der Waals surface area contributed by atoms with Crippen molar-refractivity contribution >= 4 is 27.3 Å². The summed E-state index contributed by atoms with van der Waals surface area (Å²) in [4.78, 5) is 2.92. The Balaban J connectivity index is 2.32. The van der Waals surface area contributed by atoms with Crippen LogP contribution in [0.1, 0.15) is 61.7 Å². The standard InChI is InChI=1S/C15H24BrNS/c1-4-15(8-6-7-9-15)14(17-5-2)13-10-12(16)11(3)18-13/h10,14,17H,4-9H2,1-3H3. The number of thiophene rings is 1. The van der Waals surface area contributed by atoms with Gasteiger partial charge in [-0.2, -0.15) is 0 Å². The number of halogens is 1. The first-order valence-electron chi connectivity index (χ1n) is 7.12. The van der Waals surface area contributed by atoms with E-state index in [0.29, 0.717) is 11.5 Å². The number of hydrogen-bond donors (Lipinski definition) is 1. The minimum atomic E-state index is 0.493. The maximum Gasteiger partial charge on any atom is 0.0472 e. The zero-order chi connectivity index (χ0) is 13.2. The molecule has 102 valence electrons. The molecule has 1 saturated carbocycles. The second-order valence-electron chi connectivity index (χ2n) is 5.47. The number of hydrogen-bond acceptors (Lipinski definition) is 2. The number of rotatable bonds is 5. The van der Waals surface area contributed by atoms with Gasteiger partial charge in [-0.1, -0.05) is 26.7 Å². The van der Waals surface area contributed by atoms with E-state index in [1.807, 2.05) is 11.3 Å². The fourth-order valence-electron chi connectivity index (χ4n) is 3.37. The summed E-state index contributed by atoms with van der Waals surface area (Å²) in [6, 6.07) is 2.88. The van der Waals surface area contributed by atoms with E-state index in [1.165, 1.54) is 46.3 Å². The highest BCUT2D eigenvalue weighted by Crippen LogP contribution is 2.51. The van der Waals surface area contributed by atoms with Crippen molar-refractivity contribution in [3.8, 4) is 0 Å². The van der Waals surface area contributed by atoms with Gasteiger partial charge in [0.2, 0.25) is 0 Å². The molecule has 1 aromatic heterocycles. The molecule has 0 amide bonds. The lowest BCUT2D eigenvalue weighted by Gasteiger charge is -2.37. The van der Waals surface area contributed by atoms with E-state index in [0.717, 1.165) is 6.54 Å². The molecule has 0 radical (unpaired) electrons. The van der Waals surface area contributed by atoms with Crippen molar-refractivity contribution in [2.45, 2.75) is 58.9 Å². The van der Waals surface area contributed by atoms with Gasteiger partial charge in [-0.25, -0.2) is 0 Å². The molecule has 3 heteroatoms. The predicted molar refractivity (Wildman–Crippen MR) is 84.4 cm³/mol. The quantitative estimate of drug-likeness (QED) is 0.758. The SMILES string of the molecule is CCNC(c1cc(Br)c(C)s1)C1(CC)CCCC1. The Morgan fingerprint density at radius 3 is 2.50 bits per heavy atom. The molecule has 1 unspecified atom stereocenters. The Morgan fingerprint density at radius 1 is 1.39 bits per heavy atom. The maximum absolute atomic E-state index is 3.76. The molecule has 1 fully saturated rings. The van der Waals surface area contributed by atoms with Crippen LogP contribution in [0.15, 0.2) is 10.5 Å². The number of nitrogens with one attached hydrogen (secondary N) is 1. The molecule has 1 aliphatic carbocycles. The van der Waals surface area contributed by atoms with Crippen LogP contribution in [0.4, 0.5) is 0 Å². The third-order valence-electron chi connectivity index (χ3n) is 4.48. The fourth-order valence-corrected chi connectivity index (χ4v) is 5.15. The van der Waals surface area contributed by atoms with Crippen LogP contribution < -0.4 is 5.32 Å². The van der Waals surface area contributed by atoms with Gasteiger partial charge < -0.3 is 5.32 Å². The molecule has 0 spiro atoms. The summed E-state index contributed by atoms with van der Waals surface area (Å²) in [5.74, 6) is 0. The first-order chi connectivity index (χ1) is 8.63. The van der Waals surface area contributed by atoms with E-state index in [1.54, 1.807) is 0 Å². The van der Waals surface area contributed by atoms with Crippen LogP contribution in [-0.4, -0.2) is 6.54 Å². The molecule has 1 aromatic rings. The molecule has 0 aromatic carbocycles. The molecular formula is C15H24BrNS. The van der Waals surface area contributed by atoms with E-state index >= 15 is 0 Å². The summed E-state index contributed by atoms with van der Waals surface area (Å²) in [6.45, 7) is 7.85. The summed E-state index contributed by atoms with van der Waals surface area (Å²) in [5, 5.41) is 3.76. The number of aryl methyl sites for hydroxylation is 1. The lowest BCUT2D eigenvalue weighted by atomic mass is 9.75. The van der Waals surface area contributed by atoms with E-state index in [-0.39, 0.29) is 0 Å². The maximum atomic E-state index is 3.76. The smallest absolute Gasteiger partial charge is 0.0472 e. The van der Waals surface area contributed by atoms with E-state index in [4.69, 9.17) is 0 Å². The fraction of sp³-hybridized carbons (Fsp3) is 0.733. The second-order valence-corrected chi connectivity index (χ2v) is 7.61. The largest absolute Gasteiger partial charge is 0.309 e. The molecule has 0 aliphatic heterocycles. The molecule has 18 heavy (non-hydrogen) atoms. The highest BCUT2D eigenvalue weighted by atomic mass is 79.9. The topological polar surface area (TPSA) is 12.0 Å². The zero-order valence-corrected chi connectivity index (χ0v) is 14.1. The van der Waals surface area contributed by atoms with Crippen molar-refractivity contribution in [3.05, 3.63) is 20.3 Å². The molecule has 1 N–H and O–H groups in total. The Labute approximate surface area is 123 Å². The lowest BCUT2D eigenvalue weighted by molar-refractivity contribution is 0.192. The summed E-state index contributed by atoms with van der Waals surface area (Å²) >= 11 is 5.62. The van der Waals surface area contributed by atoms with Crippen LogP contribution in [0, 0.1) is 12.3 Å². The summed E-state index contributed by atoms with van der Waals surface area (Å²) in [6.07, 6.45) is 6.87. The molecule has 0 saturated heterocycles. The van der Waals surface area contributed by atoms with Gasteiger partial charge in [0, 0.05) is 20.3 Å². The van der Waals surface area contributed by atoms with Gasteiger partial charge in [-0.15, -0.1) is 11.3 Å². The van der Waals surface area contributed by atoms with Crippen molar-refractivity contribution in [1.82, 2.24) is 5.32 Å². The van der Waals surface area contributed by atoms with Crippen LogP contribution in [0.5, 0.6) is 0 Å². The summed E-state index contributed by atoms with van der Waals surface area (Å²) in [7, 11) is 0. The van der Waals surface area contributed by atoms with Gasteiger partial charge in [0.1, 0.15) is 0 Å². The molecule has 0 bridgehead atoms.